The van der Waals surface area contributed by atoms with E-state index < -0.39 is 0 Å². The Morgan fingerprint density at radius 3 is 2.65 bits per heavy atom. The van der Waals surface area contributed by atoms with Crippen molar-refractivity contribution in [2.45, 2.75) is 78.2 Å². The van der Waals surface area contributed by atoms with Crippen LogP contribution in [0.4, 0.5) is 0 Å². The zero-order valence-corrected chi connectivity index (χ0v) is 13.6. The molecule has 2 heteroatoms. The number of carbonyl (C=O) groups excluding carboxylic acids is 1. The zero-order chi connectivity index (χ0) is 14.6. The average Bonchev–Trinajstić information content (AvgIpc) is 2.50. The molecule has 0 amide bonds. The lowest BCUT2D eigenvalue weighted by molar-refractivity contribution is -0.119. The number of ketones is 1. The fraction of sp³-hybridized carbons (Fsp3) is 0.944. The van der Waals surface area contributed by atoms with E-state index in [1.165, 1.54) is 32.1 Å². The molecular formula is C18H30O2. The van der Waals surface area contributed by atoms with Gasteiger partial charge in [-0.25, -0.2) is 0 Å². The van der Waals surface area contributed by atoms with Crippen molar-refractivity contribution in [1.82, 2.24) is 0 Å². The van der Waals surface area contributed by atoms with Gasteiger partial charge in [0.25, 0.3) is 0 Å². The van der Waals surface area contributed by atoms with Gasteiger partial charge in [0.15, 0.2) is 0 Å². The molecule has 3 aliphatic rings. The standard InChI is InChI=1S/C18H30O2/c1-13(19)6-7-15-17(4)11-8-14-16(2,3)9-5-10-18(14,15)12-20-17/h14-15H,5-12H2,1-4H3/t14-,15-,17+,18+/m0/s1. The Morgan fingerprint density at radius 1 is 1.20 bits per heavy atom. The third kappa shape index (κ3) is 1.98. The van der Waals surface area contributed by atoms with Gasteiger partial charge in [0.1, 0.15) is 5.78 Å². The molecule has 114 valence electrons. The summed E-state index contributed by atoms with van der Waals surface area (Å²) in [4.78, 5) is 11.5. The quantitative estimate of drug-likeness (QED) is 0.766. The molecule has 0 aromatic carbocycles. The molecule has 2 saturated carbocycles. The summed E-state index contributed by atoms with van der Waals surface area (Å²) in [6, 6.07) is 0. The summed E-state index contributed by atoms with van der Waals surface area (Å²) in [5, 5.41) is 0. The number of Topliss-reactive ketones (excluding diaryl/α,β-unsaturated/α-hetero) is 1. The van der Waals surface area contributed by atoms with Crippen molar-refractivity contribution in [3.8, 4) is 0 Å². The van der Waals surface area contributed by atoms with Crippen molar-refractivity contribution >= 4 is 5.78 Å². The Hall–Kier alpha value is -0.370. The largest absolute Gasteiger partial charge is 0.374 e. The average molecular weight is 278 g/mol. The first-order valence-electron chi connectivity index (χ1n) is 8.44. The Morgan fingerprint density at radius 2 is 1.95 bits per heavy atom. The normalized spacial score (nSPS) is 46.0. The predicted molar refractivity (Wildman–Crippen MR) is 80.6 cm³/mol. The second-order valence-corrected chi connectivity index (χ2v) is 8.56. The van der Waals surface area contributed by atoms with Crippen molar-refractivity contribution < 1.29 is 9.53 Å². The highest BCUT2D eigenvalue weighted by atomic mass is 16.5. The molecule has 1 saturated heterocycles. The van der Waals surface area contributed by atoms with Gasteiger partial charge in [-0.15, -0.1) is 0 Å². The van der Waals surface area contributed by atoms with Crippen molar-refractivity contribution in [3.05, 3.63) is 0 Å². The van der Waals surface area contributed by atoms with Crippen LogP contribution in [0.25, 0.3) is 0 Å². The number of carbonyl (C=O) groups is 1. The minimum absolute atomic E-state index is 0.0410. The Balaban J connectivity index is 1.93. The Bertz CT molecular complexity index is 414. The topological polar surface area (TPSA) is 26.3 Å². The number of rotatable bonds is 3. The highest BCUT2D eigenvalue weighted by molar-refractivity contribution is 5.75. The van der Waals surface area contributed by atoms with Crippen LogP contribution in [0.5, 0.6) is 0 Å². The van der Waals surface area contributed by atoms with Crippen molar-refractivity contribution in [3.63, 3.8) is 0 Å². The minimum atomic E-state index is 0.0410. The smallest absolute Gasteiger partial charge is 0.129 e. The lowest BCUT2D eigenvalue weighted by atomic mass is 9.46. The molecule has 2 nitrogen and oxygen atoms in total. The number of fused-ring (bicyclic) bond motifs is 1. The first-order valence-corrected chi connectivity index (χ1v) is 8.44. The van der Waals surface area contributed by atoms with Gasteiger partial charge in [-0.2, -0.15) is 0 Å². The second-order valence-electron chi connectivity index (χ2n) is 8.56. The van der Waals surface area contributed by atoms with Crippen molar-refractivity contribution in [2.75, 3.05) is 6.61 Å². The van der Waals surface area contributed by atoms with E-state index in [1.54, 1.807) is 6.92 Å². The van der Waals surface area contributed by atoms with E-state index >= 15 is 0 Å². The summed E-state index contributed by atoms with van der Waals surface area (Å²) in [7, 11) is 0. The van der Waals surface area contributed by atoms with Crippen LogP contribution in [0.15, 0.2) is 0 Å². The highest BCUT2D eigenvalue weighted by Gasteiger charge is 2.64. The zero-order valence-electron chi connectivity index (χ0n) is 13.6. The van der Waals surface area contributed by atoms with Gasteiger partial charge >= 0.3 is 0 Å². The molecule has 3 fully saturated rings. The van der Waals surface area contributed by atoms with Crippen LogP contribution in [0, 0.1) is 22.7 Å². The number of hydrogen-bond donors (Lipinski definition) is 0. The highest BCUT2D eigenvalue weighted by Crippen LogP contribution is 2.67. The molecule has 20 heavy (non-hydrogen) atoms. The summed E-state index contributed by atoms with van der Waals surface area (Å²) in [6.45, 7) is 9.90. The van der Waals surface area contributed by atoms with Crippen LogP contribution >= 0.6 is 0 Å². The van der Waals surface area contributed by atoms with Gasteiger partial charge in [-0.1, -0.05) is 20.3 Å². The SMILES string of the molecule is CC(=O)CC[C@@H]1[C@@]23CCCC(C)(C)[C@@H]2CC[C@@]1(C)OC3. The van der Waals surface area contributed by atoms with Gasteiger partial charge in [0.2, 0.25) is 0 Å². The first-order chi connectivity index (χ1) is 9.30. The van der Waals surface area contributed by atoms with Crippen LogP contribution in [0.2, 0.25) is 0 Å². The van der Waals surface area contributed by atoms with Gasteiger partial charge in [-0.3, -0.25) is 0 Å². The van der Waals surface area contributed by atoms with E-state index in [-0.39, 0.29) is 5.60 Å². The molecule has 1 heterocycles. The van der Waals surface area contributed by atoms with Gasteiger partial charge < -0.3 is 9.53 Å². The predicted octanol–water partition coefficient (Wildman–Crippen LogP) is 4.37. The van der Waals surface area contributed by atoms with Gasteiger partial charge in [0, 0.05) is 11.8 Å². The molecule has 3 rings (SSSR count). The maximum atomic E-state index is 11.5. The minimum Gasteiger partial charge on any atom is -0.374 e. The summed E-state index contributed by atoms with van der Waals surface area (Å²) in [6.07, 6.45) is 8.29. The summed E-state index contributed by atoms with van der Waals surface area (Å²) in [5.41, 5.74) is 0.853. The molecule has 0 unspecified atom stereocenters. The van der Waals surface area contributed by atoms with E-state index in [4.69, 9.17) is 4.74 Å². The molecule has 0 aromatic rings. The van der Waals surface area contributed by atoms with Crippen molar-refractivity contribution in [1.29, 1.82) is 0 Å². The van der Waals surface area contributed by atoms with E-state index in [1.807, 2.05) is 0 Å². The van der Waals surface area contributed by atoms with E-state index in [0.717, 1.165) is 25.4 Å². The van der Waals surface area contributed by atoms with Crippen LogP contribution in [0.1, 0.15) is 72.6 Å². The lowest BCUT2D eigenvalue weighted by Gasteiger charge is -2.57. The molecule has 2 aliphatic carbocycles. The van der Waals surface area contributed by atoms with E-state index in [2.05, 4.69) is 20.8 Å². The van der Waals surface area contributed by atoms with Crippen LogP contribution < -0.4 is 0 Å². The maximum Gasteiger partial charge on any atom is 0.129 e. The van der Waals surface area contributed by atoms with E-state index in [0.29, 0.717) is 22.5 Å². The third-order valence-electron chi connectivity index (χ3n) is 6.92. The fourth-order valence-electron chi connectivity index (χ4n) is 5.99. The molecule has 0 aromatic heterocycles. The third-order valence-corrected chi connectivity index (χ3v) is 6.92. The molecule has 0 N–H and O–H groups in total. The first kappa shape index (κ1) is 14.6. The Labute approximate surface area is 123 Å². The lowest BCUT2D eigenvalue weighted by Crippen LogP contribution is -2.54. The van der Waals surface area contributed by atoms with Crippen LogP contribution in [-0.2, 0) is 9.53 Å². The molecule has 0 radical (unpaired) electrons. The summed E-state index contributed by atoms with van der Waals surface area (Å²) < 4.78 is 6.35. The molecule has 1 aliphatic heterocycles. The summed E-state index contributed by atoms with van der Waals surface area (Å²) >= 11 is 0. The van der Waals surface area contributed by atoms with Crippen LogP contribution in [0.3, 0.4) is 0 Å². The van der Waals surface area contributed by atoms with Crippen LogP contribution in [-0.4, -0.2) is 18.0 Å². The van der Waals surface area contributed by atoms with E-state index in [9.17, 15) is 4.79 Å². The molecule has 1 spiro atoms. The van der Waals surface area contributed by atoms with Gasteiger partial charge in [0.05, 0.1) is 12.2 Å². The molecular weight excluding hydrogens is 248 g/mol. The van der Waals surface area contributed by atoms with Gasteiger partial charge in [-0.05, 0) is 63.2 Å². The molecule has 2 bridgehead atoms. The number of hydrogen-bond acceptors (Lipinski definition) is 2. The maximum absolute atomic E-state index is 11.5. The van der Waals surface area contributed by atoms with Crippen molar-refractivity contribution in [2.24, 2.45) is 22.7 Å². The summed E-state index contributed by atoms with van der Waals surface area (Å²) in [5.74, 6) is 1.72. The Kier molecular flexibility index (Phi) is 3.32. The molecule has 4 atom stereocenters. The monoisotopic (exact) mass is 278 g/mol. The fourth-order valence-corrected chi connectivity index (χ4v) is 5.99. The second kappa shape index (κ2) is 4.56. The number of ether oxygens (including phenoxy) is 1.